The van der Waals surface area contributed by atoms with E-state index >= 15 is 0 Å². The average molecular weight is 511 g/mol. The van der Waals surface area contributed by atoms with E-state index in [0.29, 0.717) is 21.2 Å². The van der Waals surface area contributed by atoms with Crippen molar-refractivity contribution >= 4 is 37.8 Å². The largest absolute Gasteiger partial charge is 0.308 e. The normalized spacial score (nSPS) is 13.6. The molecule has 0 saturated heterocycles. The van der Waals surface area contributed by atoms with Gasteiger partial charge in [0.15, 0.2) is 0 Å². The van der Waals surface area contributed by atoms with Gasteiger partial charge < -0.3 is 4.90 Å². The van der Waals surface area contributed by atoms with E-state index in [1.165, 1.54) is 0 Å². The van der Waals surface area contributed by atoms with Crippen LogP contribution in [-0.4, -0.2) is 13.4 Å². The molecule has 0 atom stereocenters. The van der Waals surface area contributed by atoms with Crippen LogP contribution in [0.5, 0.6) is 0 Å². The van der Waals surface area contributed by atoms with Gasteiger partial charge in [-0.1, -0.05) is 84.9 Å². The summed E-state index contributed by atoms with van der Waals surface area (Å²) in [4.78, 5) is 7.66. The molecule has 0 radical (unpaired) electrons. The highest BCUT2D eigenvalue weighted by Crippen LogP contribution is 2.48. The summed E-state index contributed by atoms with van der Waals surface area (Å²) in [5, 5.41) is 0.997. The molecular formula is C33H22N2O2S. The molecule has 0 bridgehead atoms. The summed E-state index contributed by atoms with van der Waals surface area (Å²) < 4.78 is 26.9. The molecule has 0 amide bonds. The van der Waals surface area contributed by atoms with Gasteiger partial charge in [-0.05, 0) is 59.7 Å². The number of pyridine rings is 1. The first-order valence-electron chi connectivity index (χ1n) is 12.4. The van der Waals surface area contributed by atoms with E-state index < -0.39 is 9.84 Å². The third-order valence-corrected chi connectivity index (χ3v) is 8.84. The lowest BCUT2D eigenvalue weighted by molar-refractivity contribution is 0.595. The van der Waals surface area contributed by atoms with Crippen molar-refractivity contribution in [2.75, 3.05) is 4.90 Å². The molecule has 7 rings (SSSR count). The number of anilines is 3. The van der Waals surface area contributed by atoms with E-state index in [9.17, 15) is 8.42 Å². The van der Waals surface area contributed by atoms with Gasteiger partial charge in [0, 0.05) is 16.6 Å². The number of benzene rings is 5. The Morgan fingerprint density at radius 2 is 1.11 bits per heavy atom. The van der Waals surface area contributed by atoms with Crippen molar-refractivity contribution in [1.82, 2.24) is 4.98 Å². The minimum atomic E-state index is -3.63. The van der Waals surface area contributed by atoms with Crippen molar-refractivity contribution in [3.05, 3.63) is 133 Å². The summed E-state index contributed by atoms with van der Waals surface area (Å²) in [6.07, 6.45) is 0. The molecule has 0 aliphatic carbocycles. The molecule has 0 unspecified atom stereocenters. The number of hydrogen-bond acceptors (Lipinski definition) is 4. The van der Waals surface area contributed by atoms with Crippen LogP contribution in [0.2, 0.25) is 0 Å². The van der Waals surface area contributed by atoms with Crippen molar-refractivity contribution < 1.29 is 8.42 Å². The highest BCUT2D eigenvalue weighted by molar-refractivity contribution is 7.92. The van der Waals surface area contributed by atoms with Gasteiger partial charge >= 0.3 is 0 Å². The summed E-state index contributed by atoms with van der Waals surface area (Å²) >= 11 is 0. The molecule has 4 nitrogen and oxygen atoms in total. The van der Waals surface area contributed by atoms with Gasteiger partial charge in [0.05, 0.1) is 32.4 Å². The third-order valence-electron chi connectivity index (χ3n) is 7.00. The van der Waals surface area contributed by atoms with Crippen LogP contribution in [0.25, 0.3) is 33.3 Å². The number of para-hydroxylation sites is 2. The summed E-state index contributed by atoms with van der Waals surface area (Å²) in [5.74, 6) is 0. The van der Waals surface area contributed by atoms with Crippen molar-refractivity contribution in [3.63, 3.8) is 0 Å². The molecule has 182 valence electrons. The summed E-state index contributed by atoms with van der Waals surface area (Å²) in [6.45, 7) is 0. The van der Waals surface area contributed by atoms with Crippen LogP contribution in [-0.2, 0) is 9.84 Å². The number of sulfone groups is 1. The first-order chi connectivity index (χ1) is 18.6. The van der Waals surface area contributed by atoms with Crippen LogP contribution < -0.4 is 4.90 Å². The topological polar surface area (TPSA) is 50.3 Å². The Hall–Kier alpha value is -4.74. The van der Waals surface area contributed by atoms with Crippen molar-refractivity contribution in [2.24, 2.45) is 0 Å². The first-order valence-corrected chi connectivity index (χ1v) is 13.9. The molecule has 5 aromatic carbocycles. The van der Waals surface area contributed by atoms with Crippen molar-refractivity contribution in [3.8, 4) is 22.4 Å². The molecule has 0 saturated carbocycles. The second kappa shape index (κ2) is 8.68. The van der Waals surface area contributed by atoms with Crippen LogP contribution >= 0.6 is 0 Å². The van der Waals surface area contributed by atoms with Crippen molar-refractivity contribution in [2.45, 2.75) is 9.79 Å². The number of nitrogens with zero attached hydrogens (tertiary/aromatic N) is 2. The Morgan fingerprint density at radius 1 is 0.553 bits per heavy atom. The fraction of sp³-hybridized carbons (Fsp3) is 0. The monoisotopic (exact) mass is 510 g/mol. The number of hydrogen-bond donors (Lipinski definition) is 0. The molecule has 0 fully saturated rings. The van der Waals surface area contributed by atoms with Gasteiger partial charge in [-0.3, -0.25) is 0 Å². The summed E-state index contributed by atoms with van der Waals surface area (Å²) in [7, 11) is -3.63. The molecule has 0 spiro atoms. The quantitative estimate of drug-likeness (QED) is 0.240. The zero-order valence-corrected chi connectivity index (χ0v) is 21.1. The van der Waals surface area contributed by atoms with Crippen LogP contribution in [0.3, 0.4) is 0 Å². The average Bonchev–Trinajstić information content (AvgIpc) is 2.98. The lowest BCUT2D eigenvalue weighted by atomic mass is 9.97. The molecule has 6 aromatic rings. The third kappa shape index (κ3) is 3.51. The molecule has 2 heterocycles. The predicted octanol–water partition coefficient (Wildman–Crippen LogP) is 8.18. The van der Waals surface area contributed by atoms with Crippen molar-refractivity contribution in [1.29, 1.82) is 0 Å². The highest BCUT2D eigenvalue weighted by Gasteiger charge is 2.34. The fourth-order valence-corrected chi connectivity index (χ4v) is 6.85. The molecule has 1 aliphatic heterocycles. The Morgan fingerprint density at radius 3 is 1.74 bits per heavy atom. The first kappa shape index (κ1) is 22.5. The van der Waals surface area contributed by atoms with Gasteiger partial charge in [0.2, 0.25) is 9.84 Å². The lowest BCUT2D eigenvalue weighted by Gasteiger charge is -2.33. The van der Waals surface area contributed by atoms with E-state index in [-0.39, 0.29) is 0 Å². The second-order valence-electron chi connectivity index (χ2n) is 9.26. The maximum absolute atomic E-state index is 13.5. The molecule has 5 heteroatoms. The zero-order valence-electron chi connectivity index (χ0n) is 20.3. The van der Waals surface area contributed by atoms with Crippen LogP contribution in [0.1, 0.15) is 0 Å². The maximum atomic E-state index is 13.5. The summed E-state index contributed by atoms with van der Waals surface area (Å²) in [6, 6.07) is 43.1. The predicted molar refractivity (Wildman–Crippen MR) is 153 cm³/mol. The van der Waals surface area contributed by atoms with Gasteiger partial charge in [0.25, 0.3) is 0 Å². The molecule has 38 heavy (non-hydrogen) atoms. The standard InChI is InChI=1S/C33H22N2O2S/c36-38(37)32-17-9-7-15-30(32)35(31-16-8-10-18-33(31)38)25-19-20-28-27(21-25)26(23-11-3-1-4-12-23)22-29(34-28)24-13-5-2-6-14-24/h1-22H. The minimum Gasteiger partial charge on any atom is -0.308 e. The highest BCUT2D eigenvalue weighted by atomic mass is 32.2. The summed E-state index contributed by atoms with van der Waals surface area (Å²) in [5.41, 5.74) is 7.16. The SMILES string of the molecule is O=S1(=O)c2ccccc2N(c2ccc3nc(-c4ccccc4)cc(-c4ccccc4)c3c2)c2ccccc21. The van der Waals surface area contributed by atoms with E-state index in [1.54, 1.807) is 24.3 Å². The van der Waals surface area contributed by atoms with Gasteiger partial charge in [-0.2, -0.15) is 0 Å². The maximum Gasteiger partial charge on any atom is 0.210 e. The van der Waals surface area contributed by atoms with Gasteiger partial charge in [-0.25, -0.2) is 13.4 Å². The van der Waals surface area contributed by atoms with Crippen LogP contribution in [0.4, 0.5) is 17.1 Å². The van der Waals surface area contributed by atoms with Gasteiger partial charge in [-0.15, -0.1) is 0 Å². The number of rotatable bonds is 3. The van der Waals surface area contributed by atoms with E-state index in [1.807, 2.05) is 77.7 Å². The smallest absolute Gasteiger partial charge is 0.210 e. The molecule has 0 N–H and O–H groups in total. The Bertz CT molecular complexity index is 1880. The Balaban J connectivity index is 1.50. The van der Waals surface area contributed by atoms with Crippen LogP contribution in [0, 0.1) is 0 Å². The molecule has 1 aliphatic rings. The fourth-order valence-electron chi connectivity index (χ4n) is 5.23. The minimum absolute atomic E-state index is 0.305. The van der Waals surface area contributed by atoms with E-state index in [2.05, 4.69) is 36.4 Å². The van der Waals surface area contributed by atoms with E-state index in [4.69, 9.17) is 4.98 Å². The zero-order chi connectivity index (χ0) is 25.7. The van der Waals surface area contributed by atoms with E-state index in [0.717, 1.165) is 39.0 Å². The second-order valence-corrected chi connectivity index (χ2v) is 11.1. The number of aromatic nitrogens is 1. The Labute approximate surface area is 221 Å². The Kier molecular flexibility index (Phi) is 5.13. The molecule has 1 aromatic heterocycles. The van der Waals surface area contributed by atoms with Crippen LogP contribution in [0.15, 0.2) is 143 Å². The number of fused-ring (bicyclic) bond motifs is 3. The lowest BCUT2D eigenvalue weighted by Crippen LogP contribution is -2.22. The molecular weight excluding hydrogens is 488 g/mol. The van der Waals surface area contributed by atoms with Gasteiger partial charge in [0.1, 0.15) is 0 Å².